The predicted octanol–water partition coefficient (Wildman–Crippen LogP) is 36.7. The number of thiophene rings is 1. The van der Waals surface area contributed by atoms with Crippen molar-refractivity contribution >= 4 is 141 Å². The highest BCUT2D eigenvalue weighted by atomic mass is 32.1. The lowest BCUT2D eigenvalue weighted by Gasteiger charge is -2.15. The van der Waals surface area contributed by atoms with Gasteiger partial charge in [-0.3, -0.25) is 0 Å². The molecule has 0 spiro atoms. The second kappa shape index (κ2) is 34.3. The van der Waals surface area contributed by atoms with Crippen molar-refractivity contribution in [3.63, 3.8) is 0 Å². The van der Waals surface area contributed by atoms with Crippen LogP contribution in [0.1, 0.15) is 0 Å². The van der Waals surface area contributed by atoms with Crippen molar-refractivity contribution in [3.8, 4) is 123 Å². The van der Waals surface area contributed by atoms with Gasteiger partial charge in [0.25, 0.3) is 0 Å². The highest BCUT2D eigenvalue weighted by molar-refractivity contribution is 7.26. The molecule has 0 aliphatic heterocycles. The zero-order valence-corrected chi connectivity index (χ0v) is 76.1. The normalized spacial score (nSPS) is 11.6. The molecule has 0 N–H and O–H groups in total. The van der Waals surface area contributed by atoms with Crippen molar-refractivity contribution in [2.75, 3.05) is 0 Å². The minimum atomic E-state index is 0.929. The fourth-order valence-corrected chi connectivity index (χ4v) is 22.4. The molecule has 0 radical (unpaired) electrons. The number of para-hydroxylation sites is 5. The van der Waals surface area contributed by atoms with Crippen molar-refractivity contribution in [3.05, 3.63) is 522 Å². The Labute approximate surface area is 802 Å². The van der Waals surface area contributed by atoms with E-state index in [1.165, 1.54) is 213 Å². The topological polar surface area (TPSA) is 32.9 Å². The smallest absolute Gasteiger partial charge is 0.136 e. The van der Waals surface area contributed by atoms with Crippen molar-refractivity contribution in [1.82, 2.24) is 18.3 Å². The van der Waals surface area contributed by atoms with Gasteiger partial charge >= 0.3 is 0 Å². The lowest BCUT2D eigenvalue weighted by molar-refractivity contribution is 0.669. The first-order valence-electron chi connectivity index (χ1n) is 47.2. The SMILES string of the molecule is c1ccc(-c2cc(-c3ccccc3)cc(-c3ccc(-n4c5ccccc5c5c4ccc4c6ccccc6n(-c6cc(-c7ccccc7)cc(-c7ccccc7)c6)c45)cc3)c2)cc1.c1ccc(-c2cc(-c3ccccc3)cc(-c3ccc(-n4c5ccccc5c5c6sc7ccccc7c6ccc54)cc3)c2)cc1.c1ccc(-c2ccc(-n3c4ccccc4c4cc5oc6ccccc6c5cc43)cc2)cc1. The monoisotopic (exact) mass is 1770 g/mol. The molecule has 5 nitrogen and oxygen atoms in total. The van der Waals surface area contributed by atoms with E-state index in [9.17, 15) is 0 Å². The number of aromatic nitrogens is 4. The lowest BCUT2D eigenvalue weighted by Crippen LogP contribution is -1.97. The molecular formula is C132H86N4OS. The Morgan fingerprint density at radius 3 is 0.870 bits per heavy atom. The van der Waals surface area contributed by atoms with Crippen LogP contribution in [0, 0.1) is 0 Å². The summed E-state index contributed by atoms with van der Waals surface area (Å²) in [5, 5.41) is 15.0. The van der Waals surface area contributed by atoms with Crippen molar-refractivity contribution in [2.45, 2.75) is 0 Å². The van der Waals surface area contributed by atoms with Gasteiger partial charge in [0, 0.05) is 96.8 Å². The fourth-order valence-electron chi connectivity index (χ4n) is 21.2. The molecule has 0 aliphatic rings. The molecule has 28 rings (SSSR count). The van der Waals surface area contributed by atoms with E-state index in [2.05, 4.69) is 528 Å². The van der Waals surface area contributed by atoms with E-state index in [0.29, 0.717) is 0 Å². The van der Waals surface area contributed by atoms with Gasteiger partial charge in [-0.15, -0.1) is 11.3 Å². The summed E-state index contributed by atoms with van der Waals surface area (Å²) in [5.41, 5.74) is 37.8. The van der Waals surface area contributed by atoms with Crippen LogP contribution in [0.2, 0.25) is 0 Å². The summed E-state index contributed by atoms with van der Waals surface area (Å²) < 4.78 is 18.6. The third-order valence-corrected chi connectivity index (χ3v) is 28.9. The molecule has 0 fully saturated rings. The van der Waals surface area contributed by atoms with E-state index < -0.39 is 0 Å². The van der Waals surface area contributed by atoms with E-state index in [-0.39, 0.29) is 0 Å². The average Bonchev–Trinajstić information content (AvgIpc) is 1.53. The molecule has 6 heterocycles. The maximum atomic E-state index is 6.18. The van der Waals surface area contributed by atoms with Crippen molar-refractivity contribution < 1.29 is 4.42 Å². The van der Waals surface area contributed by atoms with Gasteiger partial charge in [0.05, 0.1) is 44.1 Å². The van der Waals surface area contributed by atoms with Crippen LogP contribution in [0.25, 0.3) is 252 Å². The highest BCUT2D eigenvalue weighted by Gasteiger charge is 2.25. The predicted molar refractivity (Wildman–Crippen MR) is 586 cm³/mol. The third kappa shape index (κ3) is 14.3. The van der Waals surface area contributed by atoms with Crippen molar-refractivity contribution in [2.24, 2.45) is 0 Å². The van der Waals surface area contributed by atoms with Crippen LogP contribution in [-0.4, -0.2) is 18.3 Å². The summed E-state index contributed by atoms with van der Waals surface area (Å²) in [6.07, 6.45) is 0. The van der Waals surface area contributed by atoms with Gasteiger partial charge in [-0.2, -0.15) is 0 Å². The van der Waals surface area contributed by atoms with Crippen LogP contribution in [-0.2, 0) is 0 Å². The van der Waals surface area contributed by atoms with Crippen LogP contribution < -0.4 is 0 Å². The highest BCUT2D eigenvalue weighted by Crippen LogP contribution is 2.49. The molecule has 0 amide bonds. The first-order valence-corrected chi connectivity index (χ1v) is 48.0. The minimum absolute atomic E-state index is 0.929. The Hall–Kier alpha value is -17.9. The zero-order chi connectivity index (χ0) is 91.1. The van der Waals surface area contributed by atoms with Gasteiger partial charge < -0.3 is 22.7 Å². The Balaban J connectivity index is 0.000000113. The molecule has 0 saturated heterocycles. The fraction of sp³-hybridized carbons (Fsp3) is 0. The quantitative estimate of drug-likeness (QED) is 0.113. The molecule has 22 aromatic carbocycles. The van der Waals surface area contributed by atoms with Crippen LogP contribution in [0.15, 0.2) is 526 Å². The summed E-state index contributed by atoms with van der Waals surface area (Å²) >= 11 is 1.90. The number of hydrogen-bond donors (Lipinski definition) is 0. The van der Waals surface area contributed by atoms with E-state index in [4.69, 9.17) is 4.42 Å². The summed E-state index contributed by atoms with van der Waals surface area (Å²) in [7, 11) is 0. The summed E-state index contributed by atoms with van der Waals surface area (Å²) in [5.74, 6) is 0. The van der Waals surface area contributed by atoms with Crippen molar-refractivity contribution in [1.29, 1.82) is 0 Å². The average molecular weight is 1780 g/mol. The summed E-state index contributed by atoms with van der Waals surface area (Å²) in [4.78, 5) is 0. The van der Waals surface area contributed by atoms with Crippen LogP contribution in [0.3, 0.4) is 0 Å². The number of hydrogen-bond acceptors (Lipinski definition) is 2. The molecule has 138 heavy (non-hydrogen) atoms. The Kier molecular flexibility index (Phi) is 20.1. The largest absolute Gasteiger partial charge is 0.456 e. The molecule has 0 saturated carbocycles. The second-order valence-electron chi connectivity index (χ2n) is 35.7. The number of furan rings is 1. The van der Waals surface area contributed by atoms with Gasteiger partial charge in [0.1, 0.15) is 11.2 Å². The van der Waals surface area contributed by atoms with Gasteiger partial charge in [0.15, 0.2) is 0 Å². The molecular weight excluding hydrogens is 1690 g/mol. The maximum absolute atomic E-state index is 6.18. The van der Waals surface area contributed by atoms with Gasteiger partial charge in [-0.05, 0) is 252 Å². The molecule has 28 aromatic rings. The lowest BCUT2D eigenvalue weighted by atomic mass is 9.93. The molecule has 6 heteroatoms. The van der Waals surface area contributed by atoms with E-state index in [0.717, 1.165) is 39.0 Å². The molecule has 6 aromatic heterocycles. The second-order valence-corrected chi connectivity index (χ2v) is 36.8. The maximum Gasteiger partial charge on any atom is 0.136 e. The summed E-state index contributed by atoms with van der Waals surface area (Å²) in [6, 6.07) is 189. The Morgan fingerprint density at radius 1 is 0.145 bits per heavy atom. The van der Waals surface area contributed by atoms with Gasteiger partial charge in [-0.1, -0.05) is 370 Å². The van der Waals surface area contributed by atoms with Crippen LogP contribution in [0.4, 0.5) is 0 Å². The standard InChI is InChI=1S/C60H40N2.C42H27NS.C30H19NO/c1-5-17-41(18-6-1)46-35-47(42-19-7-2-8-20-42)37-48(36-46)45-29-31-51(32-30-45)61-57-28-16-14-26-55(57)59-58(61)34-33-54-53-25-13-15-27-56(53)62(60(54)59)52-39-49(43-21-9-3-10-22-43)38-50(40-52)44-23-11-4-12-24-44;1-3-11-28(12-4-1)31-25-32(29-13-5-2-6-14-29)27-33(26-31)30-19-21-34(22-20-30)43-38-17-9-7-16-37(38)41-39(43)24-23-36-35-15-8-10-18-40(35)44-42(36)41;1-2-8-20(9-3-1)21-14-16-22(17-15-21)31-27-12-6-4-10-23(27)25-19-30-26(18-28(25)31)24-11-5-7-13-29(24)32-30/h1-40H;1-27H;1-19H. The minimum Gasteiger partial charge on any atom is -0.456 e. The Bertz CT molecular complexity index is 9330. The third-order valence-electron chi connectivity index (χ3n) is 27.7. The van der Waals surface area contributed by atoms with Gasteiger partial charge in [-0.25, -0.2) is 0 Å². The van der Waals surface area contributed by atoms with Crippen LogP contribution >= 0.6 is 11.3 Å². The van der Waals surface area contributed by atoms with E-state index in [1.807, 2.05) is 23.5 Å². The molecule has 0 bridgehead atoms. The molecule has 0 unspecified atom stereocenters. The van der Waals surface area contributed by atoms with E-state index >= 15 is 0 Å². The van der Waals surface area contributed by atoms with Gasteiger partial charge in [0.2, 0.25) is 0 Å². The zero-order valence-electron chi connectivity index (χ0n) is 75.3. The number of nitrogens with zero attached hydrogens (tertiary/aromatic N) is 4. The first-order chi connectivity index (χ1) is 68.4. The first kappa shape index (κ1) is 80.9. The van der Waals surface area contributed by atoms with E-state index in [1.54, 1.807) is 0 Å². The molecule has 0 aliphatic carbocycles. The summed E-state index contributed by atoms with van der Waals surface area (Å²) in [6.45, 7) is 0. The molecule has 646 valence electrons. The number of benzene rings is 22. The number of rotatable bonds is 13. The molecule has 0 atom stereocenters. The van der Waals surface area contributed by atoms with Crippen LogP contribution in [0.5, 0.6) is 0 Å². The number of fused-ring (bicyclic) bond motifs is 20. The Morgan fingerprint density at radius 2 is 0.442 bits per heavy atom.